The normalized spacial score (nSPS) is 18.6. The maximum Gasteiger partial charge on any atom is 0.265 e. The van der Waals surface area contributed by atoms with E-state index in [0.29, 0.717) is 63.3 Å². The van der Waals surface area contributed by atoms with Gasteiger partial charge in [0.2, 0.25) is 5.90 Å². The number of rotatable bonds is 15. The number of aryl methyl sites for hydroxylation is 2. The Morgan fingerprint density at radius 2 is 1.89 bits per heavy atom. The van der Waals surface area contributed by atoms with Crippen molar-refractivity contribution in [1.29, 1.82) is 0 Å². The van der Waals surface area contributed by atoms with Crippen LogP contribution >= 0.6 is 0 Å². The molecule has 2 heterocycles. The molecule has 0 aromatic heterocycles. The van der Waals surface area contributed by atoms with Crippen molar-refractivity contribution in [3.63, 3.8) is 0 Å². The van der Waals surface area contributed by atoms with Gasteiger partial charge in [0.25, 0.3) is 5.91 Å². The largest absolute Gasteiger partial charge is 0.494 e. The van der Waals surface area contributed by atoms with Gasteiger partial charge in [-0.05, 0) is 85.9 Å². The van der Waals surface area contributed by atoms with E-state index in [9.17, 15) is 18.4 Å². The van der Waals surface area contributed by atoms with Gasteiger partial charge in [0.15, 0.2) is 20.8 Å². The lowest BCUT2D eigenvalue weighted by Crippen LogP contribution is -2.57. The number of nitrogens with zero attached hydrogens (tertiary/aromatic N) is 2. The molecular formula is C32H46N4O7S. The molecule has 11 nitrogen and oxygen atoms in total. The van der Waals surface area contributed by atoms with Crippen LogP contribution in [0.5, 0.6) is 5.75 Å². The Balaban J connectivity index is 1.29. The molecule has 242 valence electrons. The Morgan fingerprint density at radius 1 is 1.16 bits per heavy atom. The Labute approximate surface area is 260 Å². The summed E-state index contributed by atoms with van der Waals surface area (Å²) in [6.07, 6.45) is 3.35. The molecule has 0 aliphatic carbocycles. The second-order valence-electron chi connectivity index (χ2n) is 12.0. The quantitative estimate of drug-likeness (QED) is 0.151. The zero-order chi connectivity index (χ0) is 31.7. The van der Waals surface area contributed by atoms with Crippen molar-refractivity contribution >= 4 is 21.6 Å². The standard InChI is InChI=1S/C32H46N4O7S/c1-23(2)7-8-25-9-14-28(24(3)22-25)30-33-29(43-35-30)6-5-20-42-26-10-12-27(13-11-26)44(39,40)32(31(37)34-38)15-17-36(18-16-32)19-21-41-4/h9-14,22-23,30,35,38H,5-8,15-21H2,1-4H3,(H,34,37). The second kappa shape index (κ2) is 15.3. The van der Waals surface area contributed by atoms with Crippen LogP contribution in [-0.2, 0) is 30.6 Å². The first-order valence-electron chi connectivity index (χ1n) is 15.3. The highest BCUT2D eigenvalue weighted by atomic mass is 32.2. The van der Waals surface area contributed by atoms with Gasteiger partial charge >= 0.3 is 0 Å². The Bertz CT molecular complexity index is 1390. The Hall–Kier alpha value is -3.03. The first-order valence-corrected chi connectivity index (χ1v) is 16.8. The number of piperidine rings is 1. The average Bonchev–Trinajstić information content (AvgIpc) is 3.49. The number of nitrogens with one attached hydrogen (secondary N) is 2. The molecule has 1 atom stereocenters. The van der Waals surface area contributed by atoms with Crippen LogP contribution in [0.2, 0.25) is 0 Å². The molecule has 3 N–H and O–H groups in total. The summed E-state index contributed by atoms with van der Waals surface area (Å²) in [5, 5.41) is 9.40. The van der Waals surface area contributed by atoms with Crippen molar-refractivity contribution in [1.82, 2.24) is 15.9 Å². The summed E-state index contributed by atoms with van der Waals surface area (Å²) in [5.74, 6) is 0.889. The first-order chi connectivity index (χ1) is 21.1. The topological polar surface area (TPSA) is 139 Å². The molecule has 2 aliphatic heterocycles. The van der Waals surface area contributed by atoms with Crippen LogP contribution in [0.3, 0.4) is 0 Å². The van der Waals surface area contributed by atoms with Crippen LogP contribution < -0.4 is 15.7 Å². The van der Waals surface area contributed by atoms with E-state index in [1.165, 1.54) is 23.3 Å². The van der Waals surface area contributed by atoms with Gasteiger partial charge in [-0.1, -0.05) is 32.0 Å². The summed E-state index contributed by atoms with van der Waals surface area (Å²) in [6, 6.07) is 12.6. The SMILES string of the molecule is COCCN1CCC(C(=O)NO)(S(=O)(=O)c2ccc(OCCCC3=NC(c4ccc(CCC(C)C)cc4C)NO3)cc2)CC1. The lowest BCUT2D eigenvalue weighted by atomic mass is 9.95. The fraction of sp³-hybridized carbons (Fsp3) is 0.562. The Morgan fingerprint density at radius 3 is 2.52 bits per heavy atom. The van der Waals surface area contributed by atoms with Crippen LogP contribution in [0.1, 0.15) is 68.8 Å². The van der Waals surface area contributed by atoms with Gasteiger partial charge in [-0.2, -0.15) is 0 Å². The third kappa shape index (κ3) is 7.97. The fourth-order valence-corrected chi connectivity index (χ4v) is 7.61. The number of hydrogen-bond donors (Lipinski definition) is 3. The fourth-order valence-electron chi connectivity index (χ4n) is 5.66. The van der Waals surface area contributed by atoms with E-state index in [0.717, 1.165) is 18.4 Å². The highest BCUT2D eigenvalue weighted by Gasteiger charge is 2.52. The smallest absolute Gasteiger partial charge is 0.265 e. The molecular weight excluding hydrogens is 584 g/mol. The molecule has 2 aliphatic rings. The number of carbonyl (C=O) groups is 1. The molecule has 4 rings (SSSR count). The second-order valence-corrected chi connectivity index (χ2v) is 14.2. The summed E-state index contributed by atoms with van der Waals surface area (Å²) >= 11 is 0. The van der Waals surface area contributed by atoms with Crippen molar-refractivity contribution < 1.29 is 32.7 Å². The number of hydroxylamine groups is 2. The lowest BCUT2D eigenvalue weighted by Gasteiger charge is -2.39. The molecule has 0 spiro atoms. The molecule has 1 saturated heterocycles. The van der Waals surface area contributed by atoms with Crippen molar-refractivity contribution in [3.05, 3.63) is 59.2 Å². The highest BCUT2D eigenvalue weighted by molar-refractivity contribution is 7.93. The van der Waals surface area contributed by atoms with E-state index < -0.39 is 20.5 Å². The third-order valence-electron chi connectivity index (χ3n) is 8.44. The number of ether oxygens (including phenoxy) is 2. The number of amides is 1. The van der Waals surface area contributed by atoms with Crippen LogP contribution in [0, 0.1) is 12.8 Å². The van der Waals surface area contributed by atoms with Crippen molar-refractivity contribution in [2.24, 2.45) is 10.9 Å². The molecule has 12 heteroatoms. The van der Waals surface area contributed by atoms with Crippen molar-refractivity contribution in [2.45, 2.75) is 75.1 Å². The van der Waals surface area contributed by atoms with Crippen LogP contribution in [0.4, 0.5) is 0 Å². The molecule has 1 amide bonds. The lowest BCUT2D eigenvalue weighted by molar-refractivity contribution is -0.133. The van der Waals surface area contributed by atoms with E-state index in [1.807, 2.05) is 4.90 Å². The number of methoxy groups -OCH3 is 1. The van der Waals surface area contributed by atoms with Crippen LogP contribution in [0.15, 0.2) is 52.4 Å². The van der Waals surface area contributed by atoms with E-state index >= 15 is 0 Å². The first kappa shape index (κ1) is 33.9. The zero-order valence-corrected chi connectivity index (χ0v) is 27.0. The van der Waals surface area contributed by atoms with Gasteiger partial charge in [0, 0.05) is 33.2 Å². The van der Waals surface area contributed by atoms with E-state index in [1.54, 1.807) is 24.7 Å². The number of likely N-dealkylation sites (tertiary alicyclic amines) is 1. The summed E-state index contributed by atoms with van der Waals surface area (Å²) in [6.45, 7) is 8.90. The van der Waals surface area contributed by atoms with Crippen molar-refractivity contribution in [2.75, 3.05) is 40.0 Å². The highest BCUT2D eigenvalue weighted by Crippen LogP contribution is 2.36. The maximum absolute atomic E-state index is 13.7. The third-order valence-corrected chi connectivity index (χ3v) is 11.0. The number of aliphatic imine (C=N–C) groups is 1. The molecule has 1 unspecified atom stereocenters. The predicted octanol–water partition coefficient (Wildman–Crippen LogP) is 4.13. The van der Waals surface area contributed by atoms with Gasteiger partial charge < -0.3 is 19.2 Å². The van der Waals surface area contributed by atoms with Gasteiger partial charge in [-0.15, -0.1) is 5.48 Å². The van der Waals surface area contributed by atoms with Crippen molar-refractivity contribution in [3.8, 4) is 5.75 Å². The van der Waals surface area contributed by atoms with Gasteiger partial charge in [0.05, 0.1) is 18.1 Å². The van der Waals surface area contributed by atoms with E-state index in [2.05, 4.69) is 44.5 Å². The predicted molar refractivity (Wildman–Crippen MR) is 167 cm³/mol. The number of carbonyl (C=O) groups excluding carboxylic acids is 1. The van der Waals surface area contributed by atoms with Crippen LogP contribution in [0.25, 0.3) is 0 Å². The molecule has 2 aromatic rings. The number of benzene rings is 2. The molecule has 0 radical (unpaired) electrons. The molecule has 0 saturated carbocycles. The Kier molecular flexibility index (Phi) is 11.8. The maximum atomic E-state index is 13.7. The van der Waals surface area contributed by atoms with Gasteiger partial charge in [-0.25, -0.2) is 18.9 Å². The minimum absolute atomic E-state index is 0.00728. The molecule has 0 bridgehead atoms. The van der Waals surface area contributed by atoms with E-state index in [4.69, 9.17) is 19.3 Å². The summed E-state index contributed by atoms with van der Waals surface area (Å²) in [4.78, 5) is 25.1. The number of hydrogen-bond acceptors (Lipinski definition) is 10. The van der Waals surface area contributed by atoms with E-state index in [-0.39, 0.29) is 23.9 Å². The minimum Gasteiger partial charge on any atom is -0.494 e. The average molecular weight is 631 g/mol. The van der Waals surface area contributed by atoms with Gasteiger partial charge in [-0.3, -0.25) is 10.0 Å². The number of sulfone groups is 1. The van der Waals surface area contributed by atoms with Gasteiger partial charge in [0.1, 0.15) is 5.75 Å². The summed E-state index contributed by atoms with van der Waals surface area (Å²) in [5.41, 5.74) is 8.21. The summed E-state index contributed by atoms with van der Waals surface area (Å²) < 4.78 is 36.6. The molecule has 44 heavy (non-hydrogen) atoms. The molecule has 2 aromatic carbocycles. The minimum atomic E-state index is -4.10. The zero-order valence-electron chi connectivity index (χ0n) is 26.2. The molecule has 1 fully saturated rings. The summed E-state index contributed by atoms with van der Waals surface area (Å²) in [7, 11) is -2.49. The van der Waals surface area contributed by atoms with Crippen LogP contribution in [-0.4, -0.2) is 75.0 Å². The monoisotopic (exact) mass is 630 g/mol.